The van der Waals surface area contributed by atoms with E-state index >= 15 is 0 Å². The van der Waals surface area contributed by atoms with E-state index in [2.05, 4.69) is 31.1 Å². The molecule has 1 aliphatic rings. The van der Waals surface area contributed by atoms with Crippen LogP contribution in [0.2, 0.25) is 0 Å². The summed E-state index contributed by atoms with van der Waals surface area (Å²) in [5.74, 6) is 0.312. The maximum Gasteiger partial charge on any atom is 0.240 e. The highest BCUT2D eigenvalue weighted by Gasteiger charge is 2.35. The molecule has 0 saturated carbocycles. The van der Waals surface area contributed by atoms with Crippen LogP contribution in [-0.4, -0.2) is 29.6 Å². The maximum absolute atomic E-state index is 12.2. The SMILES string of the molecule is Cc1sc(CNC(=O)C2(N)CCOCC2)nc1C(C)C. The number of nitrogens with zero attached hydrogens (tertiary/aromatic N) is 1. The Morgan fingerprint density at radius 3 is 2.70 bits per heavy atom. The average molecular weight is 297 g/mol. The van der Waals surface area contributed by atoms with Gasteiger partial charge in [0.15, 0.2) is 0 Å². The van der Waals surface area contributed by atoms with E-state index in [1.165, 1.54) is 4.88 Å². The highest BCUT2D eigenvalue weighted by Crippen LogP contribution is 2.24. The Morgan fingerprint density at radius 2 is 2.15 bits per heavy atom. The van der Waals surface area contributed by atoms with Gasteiger partial charge in [-0.05, 0) is 25.7 Å². The topological polar surface area (TPSA) is 77.2 Å². The molecule has 112 valence electrons. The molecule has 5 nitrogen and oxygen atoms in total. The summed E-state index contributed by atoms with van der Waals surface area (Å²) in [7, 11) is 0. The number of rotatable bonds is 4. The largest absolute Gasteiger partial charge is 0.381 e. The molecule has 2 rings (SSSR count). The first-order valence-corrected chi connectivity index (χ1v) is 7.85. The third-order valence-corrected chi connectivity index (χ3v) is 4.65. The van der Waals surface area contributed by atoms with E-state index in [9.17, 15) is 4.79 Å². The van der Waals surface area contributed by atoms with E-state index in [4.69, 9.17) is 10.5 Å². The maximum atomic E-state index is 12.2. The van der Waals surface area contributed by atoms with Crippen molar-refractivity contribution in [2.75, 3.05) is 13.2 Å². The number of nitrogens with one attached hydrogen (secondary N) is 1. The van der Waals surface area contributed by atoms with Crippen molar-refractivity contribution in [2.24, 2.45) is 5.73 Å². The summed E-state index contributed by atoms with van der Waals surface area (Å²) in [6.45, 7) is 7.89. The number of thiazole rings is 1. The van der Waals surface area contributed by atoms with Gasteiger partial charge in [0.1, 0.15) is 5.01 Å². The average Bonchev–Trinajstić information content (AvgIpc) is 2.78. The van der Waals surface area contributed by atoms with Crippen LogP contribution >= 0.6 is 11.3 Å². The summed E-state index contributed by atoms with van der Waals surface area (Å²) >= 11 is 1.64. The standard InChI is InChI=1S/C14H23N3O2S/c1-9(2)12-10(3)20-11(17-12)8-16-13(18)14(15)4-6-19-7-5-14/h9H,4-8,15H2,1-3H3,(H,16,18). The smallest absolute Gasteiger partial charge is 0.240 e. The molecule has 2 heterocycles. The molecule has 1 aliphatic heterocycles. The van der Waals surface area contributed by atoms with Crippen LogP contribution in [0, 0.1) is 6.92 Å². The molecule has 0 atom stereocenters. The van der Waals surface area contributed by atoms with E-state index in [0.29, 0.717) is 38.5 Å². The van der Waals surface area contributed by atoms with E-state index in [1.54, 1.807) is 11.3 Å². The van der Waals surface area contributed by atoms with Crippen LogP contribution in [0.15, 0.2) is 0 Å². The number of carbonyl (C=O) groups excluding carboxylic acids is 1. The third kappa shape index (κ3) is 3.37. The number of nitrogens with two attached hydrogens (primary N) is 1. The van der Waals surface area contributed by atoms with Crippen LogP contribution < -0.4 is 11.1 Å². The number of amides is 1. The lowest BCUT2D eigenvalue weighted by Crippen LogP contribution is -2.56. The molecule has 0 aliphatic carbocycles. The second-order valence-electron chi connectivity index (χ2n) is 5.65. The molecule has 3 N–H and O–H groups in total. The Kier molecular flexibility index (Phi) is 4.78. The van der Waals surface area contributed by atoms with Crippen LogP contribution in [-0.2, 0) is 16.1 Å². The van der Waals surface area contributed by atoms with Crippen LogP contribution in [0.5, 0.6) is 0 Å². The molecule has 1 aromatic heterocycles. The fraction of sp³-hybridized carbons (Fsp3) is 0.714. The zero-order valence-corrected chi connectivity index (χ0v) is 13.2. The van der Waals surface area contributed by atoms with Crippen molar-refractivity contribution in [1.82, 2.24) is 10.3 Å². The lowest BCUT2D eigenvalue weighted by Gasteiger charge is -2.31. The monoisotopic (exact) mass is 297 g/mol. The molecule has 0 aromatic carbocycles. The van der Waals surface area contributed by atoms with Gasteiger partial charge in [0.2, 0.25) is 5.91 Å². The quantitative estimate of drug-likeness (QED) is 0.887. The minimum atomic E-state index is -0.786. The van der Waals surface area contributed by atoms with Gasteiger partial charge in [-0.3, -0.25) is 4.79 Å². The van der Waals surface area contributed by atoms with E-state index in [0.717, 1.165) is 10.7 Å². The van der Waals surface area contributed by atoms with Gasteiger partial charge in [-0.15, -0.1) is 11.3 Å². The number of hydrogen-bond donors (Lipinski definition) is 2. The van der Waals surface area contributed by atoms with Crippen LogP contribution in [0.4, 0.5) is 0 Å². The Labute approximate surface area is 123 Å². The summed E-state index contributed by atoms with van der Waals surface area (Å²) in [5.41, 5.74) is 6.47. The van der Waals surface area contributed by atoms with Gasteiger partial charge < -0.3 is 15.8 Å². The highest BCUT2D eigenvalue weighted by atomic mass is 32.1. The van der Waals surface area contributed by atoms with Crippen molar-refractivity contribution in [2.45, 2.75) is 51.6 Å². The molecule has 1 amide bonds. The fourth-order valence-corrected chi connectivity index (χ4v) is 3.40. The first kappa shape index (κ1) is 15.4. The first-order valence-electron chi connectivity index (χ1n) is 7.03. The first-order chi connectivity index (χ1) is 9.42. The molecule has 1 saturated heterocycles. The van der Waals surface area contributed by atoms with Gasteiger partial charge >= 0.3 is 0 Å². The van der Waals surface area contributed by atoms with Crippen LogP contribution in [0.1, 0.15) is 48.2 Å². The number of hydrogen-bond acceptors (Lipinski definition) is 5. The summed E-state index contributed by atoms with van der Waals surface area (Å²) in [4.78, 5) is 18.0. The van der Waals surface area contributed by atoms with Crippen LogP contribution in [0.3, 0.4) is 0 Å². The second-order valence-corrected chi connectivity index (χ2v) is 6.94. The number of carbonyl (C=O) groups is 1. The Bertz CT molecular complexity index is 479. The van der Waals surface area contributed by atoms with Gasteiger partial charge in [0.25, 0.3) is 0 Å². The zero-order chi connectivity index (χ0) is 14.8. The zero-order valence-electron chi connectivity index (χ0n) is 12.4. The van der Waals surface area contributed by atoms with Crippen molar-refractivity contribution >= 4 is 17.2 Å². The van der Waals surface area contributed by atoms with E-state index in [1.807, 2.05) is 0 Å². The predicted molar refractivity (Wildman–Crippen MR) is 79.8 cm³/mol. The minimum absolute atomic E-state index is 0.0975. The predicted octanol–water partition coefficient (Wildman–Crippen LogP) is 1.70. The lowest BCUT2D eigenvalue weighted by molar-refractivity contribution is -0.129. The molecule has 0 unspecified atom stereocenters. The Hall–Kier alpha value is -0.980. The summed E-state index contributed by atoms with van der Waals surface area (Å²) < 4.78 is 5.25. The van der Waals surface area contributed by atoms with Gasteiger partial charge in [0, 0.05) is 18.1 Å². The summed E-state index contributed by atoms with van der Waals surface area (Å²) in [6, 6.07) is 0. The summed E-state index contributed by atoms with van der Waals surface area (Å²) in [5, 5.41) is 3.86. The molecule has 6 heteroatoms. The van der Waals surface area contributed by atoms with Crippen molar-refractivity contribution in [3.05, 3.63) is 15.6 Å². The second kappa shape index (κ2) is 6.20. The normalized spacial score (nSPS) is 18.2. The molecule has 1 fully saturated rings. The molecule has 0 bridgehead atoms. The molecule has 20 heavy (non-hydrogen) atoms. The molecular weight excluding hydrogens is 274 g/mol. The van der Waals surface area contributed by atoms with E-state index in [-0.39, 0.29) is 5.91 Å². The third-order valence-electron chi connectivity index (χ3n) is 3.66. The van der Waals surface area contributed by atoms with Gasteiger partial charge in [0.05, 0.1) is 17.8 Å². The van der Waals surface area contributed by atoms with E-state index < -0.39 is 5.54 Å². The van der Waals surface area contributed by atoms with Gasteiger partial charge in [-0.1, -0.05) is 13.8 Å². The molecule has 0 spiro atoms. The number of aromatic nitrogens is 1. The highest BCUT2D eigenvalue weighted by molar-refractivity contribution is 7.11. The minimum Gasteiger partial charge on any atom is -0.381 e. The van der Waals surface area contributed by atoms with Gasteiger partial charge in [-0.25, -0.2) is 4.98 Å². The van der Waals surface area contributed by atoms with Gasteiger partial charge in [-0.2, -0.15) is 0 Å². The van der Waals surface area contributed by atoms with Crippen molar-refractivity contribution < 1.29 is 9.53 Å². The lowest BCUT2D eigenvalue weighted by atomic mass is 9.90. The Balaban J connectivity index is 1.94. The van der Waals surface area contributed by atoms with Crippen molar-refractivity contribution in [3.63, 3.8) is 0 Å². The fourth-order valence-electron chi connectivity index (χ4n) is 2.37. The number of ether oxygens (including phenoxy) is 1. The molecule has 0 radical (unpaired) electrons. The molecule has 1 aromatic rings. The molecular formula is C14H23N3O2S. The number of aryl methyl sites for hydroxylation is 1. The summed E-state index contributed by atoms with van der Waals surface area (Å²) in [6.07, 6.45) is 1.15. The Morgan fingerprint density at radius 1 is 1.50 bits per heavy atom. The van der Waals surface area contributed by atoms with Crippen molar-refractivity contribution in [1.29, 1.82) is 0 Å². The van der Waals surface area contributed by atoms with Crippen molar-refractivity contribution in [3.8, 4) is 0 Å². The van der Waals surface area contributed by atoms with Crippen LogP contribution in [0.25, 0.3) is 0 Å².